The Morgan fingerprint density at radius 3 is 2.44 bits per heavy atom. The van der Waals surface area contributed by atoms with Crippen molar-refractivity contribution in [3.05, 3.63) is 53.5 Å². The smallest absolute Gasteiger partial charge is 0.194 e. The van der Waals surface area contributed by atoms with Gasteiger partial charge in [-0.15, -0.1) is 0 Å². The van der Waals surface area contributed by atoms with Crippen molar-refractivity contribution in [1.82, 2.24) is 4.98 Å². The Balaban J connectivity index is 2.38. The average Bonchev–Trinajstić information content (AvgIpc) is 2.36. The molecule has 18 heavy (non-hydrogen) atoms. The van der Waals surface area contributed by atoms with Gasteiger partial charge in [-0.05, 0) is 12.1 Å². The third kappa shape index (κ3) is 2.25. The molecule has 1 N–H and O–H groups in total. The lowest BCUT2D eigenvalue weighted by molar-refractivity contribution is 0.448. The van der Waals surface area contributed by atoms with Crippen LogP contribution in [-0.2, 0) is 0 Å². The highest BCUT2D eigenvalue weighted by atomic mass is 19.2. The molecule has 0 unspecified atom stereocenters. The summed E-state index contributed by atoms with van der Waals surface area (Å²) in [7, 11) is 0. The lowest BCUT2D eigenvalue weighted by Crippen LogP contribution is -1.99. The lowest BCUT2D eigenvalue weighted by Gasteiger charge is -2.07. The number of halogens is 3. The van der Waals surface area contributed by atoms with Crippen molar-refractivity contribution in [1.29, 1.82) is 5.26 Å². The maximum atomic E-state index is 13.0. The predicted octanol–water partition coefficient (Wildman–Crippen LogP) is 3.11. The first kappa shape index (κ1) is 11.9. The summed E-state index contributed by atoms with van der Waals surface area (Å²) in [5, 5.41) is 11.4. The largest absolute Gasteiger partial charge is 0.339 e. The second kappa shape index (κ2) is 4.75. The van der Waals surface area contributed by atoms with E-state index < -0.39 is 17.5 Å². The molecule has 1 aromatic carbocycles. The molecule has 0 spiro atoms. The first-order valence-electron chi connectivity index (χ1n) is 4.88. The van der Waals surface area contributed by atoms with E-state index in [9.17, 15) is 13.2 Å². The van der Waals surface area contributed by atoms with Crippen LogP contribution in [0.4, 0.5) is 24.7 Å². The van der Waals surface area contributed by atoms with Crippen LogP contribution in [0.5, 0.6) is 0 Å². The Morgan fingerprint density at radius 1 is 1.17 bits per heavy atom. The van der Waals surface area contributed by atoms with Crippen LogP contribution < -0.4 is 5.32 Å². The lowest BCUT2D eigenvalue weighted by atomic mass is 10.2. The van der Waals surface area contributed by atoms with Gasteiger partial charge in [0.1, 0.15) is 11.9 Å². The van der Waals surface area contributed by atoms with Gasteiger partial charge < -0.3 is 5.32 Å². The first-order valence-corrected chi connectivity index (χ1v) is 4.88. The minimum Gasteiger partial charge on any atom is -0.339 e. The molecule has 2 rings (SSSR count). The van der Waals surface area contributed by atoms with Gasteiger partial charge in [0, 0.05) is 24.0 Å². The van der Waals surface area contributed by atoms with Crippen molar-refractivity contribution < 1.29 is 13.2 Å². The van der Waals surface area contributed by atoms with E-state index >= 15 is 0 Å². The van der Waals surface area contributed by atoms with E-state index in [4.69, 9.17) is 5.26 Å². The molecule has 0 bridgehead atoms. The molecule has 3 nitrogen and oxygen atoms in total. The fraction of sp³-hybridized carbons (Fsp3) is 0. The predicted molar refractivity (Wildman–Crippen MR) is 58.6 cm³/mol. The van der Waals surface area contributed by atoms with Crippen LogP contribution in [-0.4, -0.2) is 4.98 Å². The summed E-state index contributed by atoms with van der Waals surface area (Å²) in [6.45, 7) is 0. The quantitative estimate of drug-likeness (QED) is 0.832. The second-order valence-electron chi connectivity index (χ2n) is 3.39. The zero-order chi connectivity index (χ0) is 13.1. The molecule has 0 saturated heterocycles. The Bertz CT molecular complexity index is 612. The topological polar surface area (TPSA) is 48.7 Å². The van der Waals surface area contributed by atoms with Gasteiger partial charge in [0.05, 0.1) is 5.56 Å². The zero-order valence-corrected chi connectivity index (χ0v) is 8.92. The Labute approximate surface area is 101 Å². The fourth-order valence-electron chi connectivity index (χ4n) is 1.36. The maximum Gasteiger partial charge on any atom is 0.194 e. The molecule has 6 heteroatoms. The number of nitrogens with one attached hydrogen (secondary N) is 1. The van der Waals surface area contributed by atoms with Gasteiger partial charge in [-0.3, -0.25) is 0 Å². The summed E-state index contributed by atoms with van der Waals surface area (Å²) in [4.78, 5) is 3.85. The summed E-state index contributed by atoms with van der Waals surface area (Å²) < 4.78 is 38.7. The summed E-state index contributed by atoms with van der Waals surface area (Å²) in [5.74, 6) is -4.02. The van der Waals surface area contributed by atoms with E-state index in [0.29, 0.717) is 0 Å². The van der Waals surface area contributed by atoms with E-state index in [1.807, 2.05) is 6.07 Å². The van der Waals surface area contributed by atoms with Gasteiger partial charge in [0.2, 0.25) is 0 Å². The number of benzene rings is 1. The van der Waals surface area contributed by atoms with Crippen molar-refractivity contribution >= 4 is 11.5 Å². The highest BCUT2D eigenvalue weighted by Crippen LogP contribution is 2.21. The number of hydrogen-bond donors (Lipinski definition) is 1. The van der Waals surface area contributed by atoms with Crippen LogP contribution in [0.25, 0.3) is 0 Å². The van der Waals surface area contributed by atoms with Crippen LogP contribution >= 0.6 is 0 Å². The molecule has 0 radical (unpaired) electrons. The first-order chi connectivity index (χ1) is 8.61. The summed E-state index contributed by atoms with van der Waals surface area (Å²) in [6, 6.07) is 6.48. The van der Waals surface area contributed by atoms with Gasteiger partial charge in [-0.25, -0.2) is 18.2 Å². The molecule has 90 valence electrons. The Morgan fingerprint density at radius 2 is 1.83 bits per heavy atom. The molecule has 0 aliphatic rings. The highest BCUT2D eigenvalue weighted by molar-refractivity contribution is 5.62. The number of anilines is 2. The number of nitriles is 1. The van der Waals surface area contributed by atoms with Gasteiger partial charge in [0.25, 0.3) is 0 Å². The molecule has 0 aliphatic carbocycles. The van der Waals surface area contributed by atoms with E-state index in [1.54, 1.807) is 6.07 Å². The molecular weight excluding hydrogens is 243 g/mol. The van der Waals surface area contributed by atoms with E-state index in [2.05, 4.69) is 10.3 Å². The summed E-state index contributed by atoms with van der Waals surface area (Å²) in [5.41, 5.74) is 0.184. The average molecular weight is 249 g/mol. The maximum absolute atomic E-state index is 13.0. The highest BCUT2D eigenvalue weighted by Gasteiger charge is 2.11. The molecule has 0 fully saturated rings. The van der Waals surface area contributed by atoms with Crippen LogP contribution in [0.3, 0.4) is 0 Å². The number of nitrogens with zero attached hydrogens (tertiary/aromatic N) is 2. The molecule has 1 heterocycles. The molecule has 2 aromatic rings. The van der Waals surface area contributed by atoms with E-state index in [1.165, 1.54) is 12.3 Å². The number of hydrogen-bond acceptors (Lipinski definition) is 3. The third-order valence-corrected chi connectivity index (χ3v) is 2.17. The van der Waals surface area contributed by atoms with E-state index in [-0.39, 0.29) is 17.1 Å². The van der Waals surface area contributed by atoms with Crippen LogP contribution in [0.15, 0.2) is 30.5 Å². The van der Waals surface area contributed by atoms with Crippen molar-refractivity contribution in [3.63, 3.8) is 0 Å². The zero-order valence-electron chi connectivity index (χ0n) is 8.92. The molecule has 0 atom stereocenters. The normalized spacial score (nSPS) is 9.89. The third-order valence-electron chi connectivity index (χ3n) is 2.17. The number of aromatic nitrogens is 1. The Hall–Kier alpha value is -2.55. The standard InChI is InChI=1S/C12H6F3N3/c13-9-4-8(5-10(14)11(9)15)18-12-7(6-16)2-1-3-17-12/h1-5H,(H,17,18). The van der Waals surface area contributed by atoms with E-state index in [0.717, 1.165) is 12.1 Å². The number of pyridine rings is 1. The van der Waals surface area contributed by atoms with Crippen LogP contribution in [0.1, 0.15) is 5.56 Å². The minimum absolute atomic E-state index is 0.0263. The molecule has 0 amide bonds. The van der Waals surface area contributed by atoms with Gasteiger partial charge in [-0.1, -0.05) is 0 Å². The van der Waals surface area contributed by atoms with Crippen LogP contribution in [0.2, 0.25) is 0 Å². The summed E-state index contributed by atoms with van der Waals surface area (Å²) >= 11 is 0. The van der Waals surface area contributed by atoms with Crippen LogP contribution in [0, 0.1) is 28.8 Å². The minimum atomic E-state index is -1.54. The molecule has 0 aliphatic heterocycles. The SMILES string of the molecule is N#Cc1cccnc1Nc1cc(F)c(F)c(F)c1. The molecule has 1 aromatic heterocycles. The van der Waals surface area contributed by atoms with Gasteiger partial charge in [0.15, 0.2) is 17.5 Å². The van der Waals surface area contributed by atoms with Crippen molar-refractivity contribution in [2.75, 3.05) is 5.32 Å². The Kier molecular flexibility index (Phi) is 3.15. The second-order valence-corrected chi connectivity index (χ2v) is 3.39. The van der Waals surface area contributed by atoms with Gasteiger partial charge in [-0.2, -0.15) is 5.26 Å². The molecular formula is C12H6F3N3. The number of rotatable bonds is 2. The fourth-order valence-corrected chi connectivity index (χ4v) is 1.36. The van der Waals surface area contributed by atoms with Gasteiger partial charge >= 0.3 is 0 Å². The van der Waals surface area contributed by atoms with Crippen molar-refractivity contribution in [3.8, 4) is 6.07 Å². The molecule has 0 saturated carbocycles. The monoisotopic (exact) mass is 249 g/mol. The summed E-state index contributed by atoms with van der Waals surface area (Å²) in [6.07, 6.45) is 1.42. The van der Waals surface area contributed by atoms with Crippen molar-refractivity contribution in [2.45, 2.75) is 0 Å². The van der Waals surface area contributed by atoms with Crippen molar-refractivity contribution in [2.24, 2.45) is 0 Å².